The van der Waals surface area contributed by atoms with E-state index in [2.05, 4.69) is 5.10 Å². The molecule has 1 aromatic carbocycles. The van der Waals surface area contributed by atoms with Crippen LogP contribution in [0.25, 0.3) is 0 Å². The Kier molecular flexibility index (Phi) is 4.70. The summed E-state index contributed by atoms with van der Waals surface area (Å²) in [6.45, 7) is 3.93. The van der Waals surface area contributed by atoms with Crippen LogP contribution in [-0.2, 0) is 11.3 Å². The molecular formula is C16H22N4O2. The molecule has 2 N–H and O–H groups in total. The number of hydrogen-bond acceptors (Lipinski definition) is 4. The summed E-state index contributed by atoms with van der Waals surface area (Å²) in [6, 6.07) is 9.32. The molecule has 1 atom stereocenters. The molecule has 0 aliphatic carbocycles. The highest BCUT2D eigenvalue weighted by Crippen LogP contribution is 2.28. The number of aryl methyl sites for hydroxylation is 1. The number of nitrogens with two attached hydrogens (primary N) is 1. The second kappa shape index (κ2) is 6.51. The number of anilines is 1. The molecule has 1 aromatic heterocycles. The van der Waals surface area contributed by atoms with Crippen molar-refractivity contribution in [2.24, 2.45) is 0 Å². The first-order valence-electron chi connectivity index (χ1n) is 7.12. The fourth-order valence-corrected chi connectivity index (χ4v) is 2.37. The second-order valence-corrected chi connectivity index (χ2v) is 5.29. The molecule has 118 valence electrons. The zero-order valence-corrected chi connectivity index (χ0v) is 13.4. The maximum absolute atomic E-state index is 12.5. The lowest BCUT2D eigenvalue weighted by Gasteiger charge is -2.26. The van der Waals surface area contributed by atoms with Crippen LogP contribution in [-0.4, -0.2) is 34.7 Å². The molecule has 0 bridgehead atoms. The van der Waals surface area contributed by atoms with Crippen LogP contribution in [0.5, 0.6) is 5.75 Å². The van der Waals surface area contributed by atoms with Gasteiger partial charge < -0.3 is 15.4 Å². The average Bonchev–Trinajstić information content (AvgIpc) is 2.83. The number of nitrogens with zero attached hydrogens (tertiary/aromatic N) is 3. The number of likely N-dealkylation sites (N-methyl/N-ethyl adjacent to an activating group) is 1. The normalized spacial score (nSPS) is 12.0. The predicted octanol–water partition coefficient (Wildman–Crippen LogP) is 2.00. The van der Waals surface area contributed by atoms with E-state index < -0.39 is 0 Å². The SMILES string of the molecule is COc1ccccc1C(C)N(C)C(=O)Cn1nc(C)cc1N. The number of amides is 1. The van der Waals surface area contributed by atoms with Crippen LogP contribution in [0.4, 0.5) is 5.82 Å². The number of methoxy groups -OCH3 is 1. The summed E-state index contributed by atoms with van der Waals surface area (Å²) >= 11 is 0. The van der Waals surface area contributed by atoms with Crippen molar-refractivity contribution in [1.29, 1.82) is 0 Å². The molecule has 1 heterocycles. The van der Waals surface area contributed by atoms with E-state index in [0.29, 0.717) is 5.82 Å². The quantitative estimate of drug-likeness (QED) is 0.917. The molecule has 6 heteroatoms. The van der Waals surface area contributed by atoms with Crippen LogP contribution in [0.2, 0.25) is 0 Å². The van der Waals surface area contributed by atoms with Gasteiger partial charge in [-0.3, -0.25) is 4.79 Å². The number of ether oxygens (including phenoxy) is 1. The van der Waals surface area contributed by atoms with Gasteiger partial charge in [0.05, 0.1) is 18.8 Å². The number of carbonyl (C=O) groups is 1. The van der Waals surface area contributed by atoms with Gasteiger partial charge in [0, 0.05) is 18.7 Å². The summed E-state index contributed by atoms with van der Waals surface area (Å²) in [5.74, 6) is 1.20. The zero-order chi connectivity index (χ0) is 16.3. The Morgan fingerprint density at radius 3 is 2.73 bits per heavy atom. The van der Waals surface area contributed by atoms with Crippen molar-refractivity contribution in [2.75, 3.05) is 19.9 Å². The van der Waals surface area contributed by atoms with Gasteiger partial charge in [-0.2, -0.15) is 5.10 Å². The van der Waals surface area contributed by atoms with Crippen LogP contribution >= 0.6 is 0 Å². The molecule has 2 rings (SSSR count). The Hall–Kier alpha value is -2.50. The summed E-state index contributed by atoms with van der Waals surface area (Å²) in [5.41, 5.74) is 7.59. The molecule has 0 aliphatic heterocycles. The van der Waals surface area contributed by atoms with E-state index >= 15 is 0 Å². The van der Waals surface area contributed by atoms with Gasteiger partial charge in [0.15, 0.2) is 0 Å². The van der Waals surface area contributed by atoms with E-state index in [0.717, 1.165) is 17.0 Å². The largest absolute Gasteiger partial charge is 0.496 e. The molecule has 0 radical (unpaired) electrons. The number of nitrogen functional groups attached to an aromatic ring is 1. The standard InChI is InChI=1S/C16H22N4O2/c1-11-9-15(17)20(18-11)10-16(21)19(3)12(2)13-7-5-6-8-14(13)22-4/h5-9,12H,10,17H2,1-4H3. The van der Waals surface area contributed by atoms with Crippen molar-refractivity contribution in [2.45, 2.75) is 26.4 Å². The second-order valence-electron chi connectivity index (χ2n) is 5.29. The monoisotopic (exact) mass is 302 g/mol. The van der Waals surface area contributed by atoms with Crippen LogP contribution in [0.3, 0.4) is 0 Å². The lowest BCUT2D eigenvalue weighted by Crippen LogP contribution is -2.33. The minimum atomic E-state index is -0.110. The van der Waals surface area contributed by atoms with Gasteiger partial charge in [-0.05, 0) is 19.9 Å². The number of aromatic nitrogens is 2. The predicted molar refractivity (Wildman–Crippen MR) is 85.6 cm³/mol. The van der Waals surface area contributed by atoms with Crippen LogP contribution < -0.4 is 10.5 Å². The fourth-order valence-electron chi connectivity index (χ4n) is 2.37. The molecule has 0 fully saturated rings. The van der Waals surface area contributed by atoms with Gasteiger partial charge in [0.25, 0.3) is 0 Å². The molecule has 0 spiro atoms. The first-order valence-corrected chi connectivity index (χ1v) is 7.12. The van der Waals surface area contributed by atoms with E-state index in [-0.39, 0.29) is 18.5 Å². The van der Waals surface area contributed by atoms with Crippen molar-refractivity contribution in [3.05, 3.63) is 41.6 Å². The molecule has 6 nitrogen and oxygen atoms in total. The topological polar surface area (TPSA) is 73.4 Å². The number of para-hydroxylation sites is 1. The van der Waals surface area contributed by atoms with E-state index in [1.165, 1.54) is 4.68 Å². The van der Waals surface area contributed by atoms with Crippen molar-refractivity contribution < 1.29 is 9.53 Å². The first-order chi connectivity index (χ1) is 10.4. The molecule has 2 aromatic rings. The van der Waals surface area contributed by atoms with E-state index in [4.69, 9.17) is 10.5 Å². The summed E-state index contributed by atoms with van der Waals surface area (Å²) in [4.78, 5) is 14.1. The number of hydrogen-bond donors (Lipinski definition) is 1. The Morgan fingerprint density at radius 1 is 1.45 bits per heavy atom. The lowest BCUT2D eigenvalue weighted by atomic mass is 10.1. The minimum Gasteiger partial charge on any atom is -0.496 e. The molecular weight excluding hydrogens is 280 g/mol. The Bertz CT molecular complexity index is 666. The third kappa shape index (κ3) is 3.21. The number of carbonyl (C=O) groups excluding carboxylic acids is 1. The van der Waals surface area contributed by atoms with Crippen molar-refractivity contribution in [1.82, 2.24) is 14.7 Å². The minimum absolute atomic E-state index is 0.0618. The highest BCUT2D eigenvalue weighted by Gasteiger charge is 2.21. The Morgan fingerprint density at radius 2 is 2.14 bits per heavy atom. The van der Waals surface area contributed by atoms with Gasteiger partial charge in [-0.1, -0.05) is 18.2 Å². The lowest BCUT2D eigenvalue weighted by molar-refractivity contribution is -0.132. The van der Waals surface area contributed by atoms with Gasteiger partial charge in [-0.25, -0.2) is 4.68 Å². The van der Waals surface area contributed by atoms with Crippen LogP contribution in [0.1, 0.15) is 24.2 Å². The molecule has 0 saturated carbocycles. The van der Waals surface area contributed by atoms with Crippen LogP contribution in [0, 0.1) is 6.92 Å². The average molecular weight is 302 g/mol. The van der Waals surface area contributed by atoms with Gasteiger partial charge in [0.1, 0.15) is 18.1 Å². The fraction of sp³-hybridized carbons (Fsp3) is 0.375. The number of benzene rings is 1. The summed E-state index contributed by atoms with van der Waals surface area (Å²) in [7, 11) is 3.40. The van der Waals surface area contributed by atoms with Gasteiger partial charge in [0.2, 0.25) is 5.91 Å². The van der Waals surface area contributed by atoms with E-state index in [9.17, 15) is 4.79 Å². The third-order valence-corrected chi connectivity index (χ3v) is 3.78. The maximum atomic E-state index is 12.5. The zero-order valence-electron chi connectivity index (χ0n) is 13.4. The summed E-state index contributed by atoms with van der Waals surface area (Å²) in [6.07, 6.45) is 0. The molecule has 22 heavy (non-hydrogen) atoms. The van der Waals surface area contributed by atoms with Crippen molar-refractivity contribution in [3.8, 4) is 5.75 Å². The van der Waals surface area contributed by atoms with E-state index in [1.54, 1.807) is 25.1 Å². The Balaban J connectivity index is 2.14. The molecule has 0 saturated heterocycles. The van der Waals surface area contributed by atoms with Crippen molar-refractivity contribution in [3.63, 3.8) is 0 Å². The summed E-state index contributed by atoms with van der Waals surface area (Å²) < 4.78 is 6.88. The smallest absolute Gasteiger partial charge is 0.244 e. The van der Waals surface area contributed by atoms with Crippen LogP contribution in [0.15, 0.2) is 30.3 Å². The highest BCUT2D eigenvalue weighted by molar-refractivity contribution is 5.76. The maximum Gasteiger partial charge on any atom is 0.244 e. The van der Waals surface area contributed by atoms with Gasteiger partial charge >= 0.3 is 0 Å². The molecule has 1 amide bonds. The highest BCUT2D eigenvalue weighted by atomic mass is 16.5. The van der Waals surface area contributed by atoms with Crippen molar-refractivity contribution >= 4 is 11.7 Å². The third-order valence-electron chi connectivity index (χ3n) is 3.78. The summed E-state index contributed by atoms with van der Waals surface area (Å²) in [5, 5.41) is 4.22. The van der Waals surface area contributed by atoms with E-state index in [1.807, 2.05) is 38.1 Å². The molecule has 0 aliphatic rings. The molecule has 1 unspecified atom stereocenters. The number of rotatable bonds is 5. The Labute approximate surface area is 130 Å². The first kappa shape index (κ1) is 15.9. The van der Waals surface area contributed by atoms with Gasteiger partial charge in [-0.15, -0.1) is 0 Å².